The second kappa shape index (κ2) is 48.7. The smallest absolute Gasteiger partial charge is 0.306 e. The second-order valence-electron chi connectivity index (χ2n) is 18.5. The Kier molecular flexibility index (Phi) is 46.3. The third-order valence-electron chi connectivity index (χ3n) is 10.8. The van der Waals surface area contributed by atoms with E-state index < -0.39 is 32.5 Å². The van der Waals surface area contributed by atoms with E-state index in [1.165, 1.54) is 38.5 Å². The van der Waals surface area contributed by atoms with Crippen LogP contribution in [0, 0.1) is 0 Å². The molecule has 388 valence electrons. The minimum Gasteiger partial charge on any atom is -0.756 e. The highest BCUT2D eigenvalue weighted by Gasteiger charge is 2.21. The van der Waals surface area contributed by atoms with Crippen LogP contribution in [-0.4, -0.2) is 70.0 Å². The van der Waals surface area contributed by atoms with Gasteiger partial charge in [-0.1, -0.05) is 194 Å². The Morgan fingerprint density at radius 1 is 0.456 bits per heavy atom. The lowest BCUT2D eigenvalue weighted by atomic mass is 10.1. The molecule has 0 aromatic carbocycles. The number of hydrogen-bond acceptors (Lipinski definition) is 8. The Morgan fingerprint density at radius 3 is 1.18 bits per heavy atom. The Labute approximate surface area is 416 Å². The van der Waals surface area contributed by atoms with Gasteiger partial charge in [-0.25, -0.2) is 0 Å². The molecular formula is C58H98NO8P. The van der Waals surface area contributed by atoms with Crippen LogP contribution in [0.4, 0.5) is 0 Å². The summed E-state index contributed by atoms with van der Waals surface area (Å²) in [5.41, 5.74) is 0. The second-order valence-corrected chi connectivity index (χ2v) is 19.9. The number of rotatable bonds is 47. The van der Waals surface area contributed by atoms with Crippen molar-refractivity contribution >= 4 is 19.8 Å². The van der Waals surface area contributed by atoms with Crippen LogP contribution in [0.15, 0.2) is 109 Å². The van der Waals surface area contributed by atoms with Crippen LogP contribution < -0.4 is 4.89 Å². The van der Waals surface area contributed by atoms with Gasteiger partial charge in [0, 0.05) is 12.8 Å². The minimum atomic E-state index is -4.65. The number of esters is 2. The van der Waals surface area contributed by atoms with Crippen molar-refractivity contribution in [2.45, 2.75) is 200 Å². The number of allylic oxidation sites excluding steroid dienone is 18. The van der Waals surface area contributed by atoms with E-state index in [9.17, 15) is 19.0 Å². The summed E-state index contributed by atoms with van der Waals surface area (Å²) in [6.45, 7) is 3.97. The molecule has 68 heavy (non-hydrogen) atoms. The first kappa shape index (κ1) is 64.7. The maximum absolute atomic E-state index is 12.8. The standard InChI is InChI=1S/C58H98NO8P/c1-6-8-10-12-14-16-18-20-22-24-26-28-29-31-32-34-36-38-40-42-44-46-48-50-57(60)64-54-56(55-66-68(62,63)65-53-52-59(3,4)5)67-58(61)51-49-47-45-43-41-39-37-35-33-30-27-25-23-21-19-17-15-13-11-9-7-2/h8-11,14-17,20-23,26-28,30,35,37,56H,6-7,12-13,18-19,24-25,29,31-34,36,38-55H2,1-5H3/b10-8-,11-9-,16-14-,17-15-,22-20-,23-21-,28-26-,30-27-,37-35-. The molecule has 2 atom stereocenters. The number of quaternary nitrogens is 1. The molecule has 0 aliphatic carbocycles. The van der Waals surface area contributed by atoms with E-state index in [2.05, 4.69) is 123 Å². The van der Waals surface area contributed by atoms with Crippen LogP contribution >= 0.6 is 7.82 Å². The molecule has 0 aromatic rings. The molecule has 0 saturated carbocycles. The molecule has 9 nitrogen and oxygen atoms in total. The topological polar surface area (TPSA) is 111 Å². The molecule has 0 aliphatic heterocycles. The van der Waals surface area contributed by atoms with E-state index >= 15 is 0 Å². The summed E-state index contributed by atoms with van der Waals surface area (Å²) in [4.78, 5) is 37.8. The molecule has 0 aliphatic rings. The van der Waals surface area contributed by atoms with Crippen molar-refractivity contribution in [2.75, 3.05) is 47.5 Å². The summed E-state index contributed by atoms with van der Waals surface area (Å²) in [5, 5.41) is 0. The first-order chi connectivity index (χ1) is 33.0. The number of hydrogen-bond donors (Lipinski definition) is 0. The van der Waals surface area contributed by atoms with Crippen molar-refractivity contribution in [3.8, 4) is 0 Å². The number of phosphoric ester groups is 1. The number of phosphoric acid groups is 1. The highest BCUT2D eigenvalue weighted by atomic mass is 31.2. The molecular weight excluding hydrogens is 870 g/mol. The van der Waals surface area contributed by atoms with Gasteiger partial charge in [-0.05, 0) is 96.3 Å². The zero-order chi connectivity index (χ0) is 49.9. The van der Waals surface area contributed by atoms with Crippen LogP contribution in [0.1, 0.15) is 194 Å². The summed E-state index contributed by atoms with van der Waals surface area (Å²) in [5.74, 6) is -0.868. The fourth-order valence-electron chi connectivity index (χ4n) is 6.73. The van der Waals surface area contributed by atoms with Crippen molar-refractivity contribution in [2.24, 2.45) is 0 Å². The largest absolute Gasteiger partial charge is 0.756 e. The monoisotopic (exact) mass is 968 g/mol. The van der Waals surface area contributed by atoms with Gasteiger partial charge in [0.05, 0.1) is 27.7 Å². The number of nitrogens with zero attached hydrogens (tertiary/aromatic N) is 1. The van der Waals surface area contributed by atoms with Crippen molar-refractivity contribution in [1.29, 1.82) is 0 Å². The Hall–Kier alpha value is -3.33. The van der Waals surface area contributed by atoms with Crippen LogP contribution in [-0.2, 0) is 32.7 Å². The molecule has 0 bridgehead atoms. The SMILES string of the molecule is CC/C=C\C/C=C\C/C=C\C/C=C\C/C=C\CCCCCCCC(=O)OC(COC(=O)CCCCCCCCCCCC/C=C\C/C=C\C/C=C\C/C=C\CC)COP(=O)([O-])OCC[N+](C)(C)C. The van der Waals surface area contributed by atoms with Crippen LogP contribution in [0.2, 0.25) is 0 Å². The maximum atomic E-state index is 12.8. The quantitative estimate of drug-likeness (QED) is 0.0195. The first-order valence-corrected chi connectivity index (χ1v) is 28.1. The van der Waals surface area contributed by atoms with E-state index in [-0.39, 0.29) is 26.1 Å². The molecule has 0 N–H and O–H groups in total. The summed E-state index contributed by atoms with van der Waals surface area (Å²) in [6.07, 6.45) is 66.9. The van der Waals surface area contributed by atoms with E-state index in [4.69, 9.17) is 18.5 Å². The minimum absolute atomic E-state index is 0.0419. The molecule has 2 unspecified atom stereocenters. The van der Waals surface area contributed by atoms with Gasteiger partial charge in [-0.15, -0.1) is 0 Å². The molecule has 0 spiro atoms. The number of carbonyl (C=O) groups excluding carboxylic acids is 2. The van der Waals surface area contributed by atoms with Gasteiger partial charge in [0.2, 0.25) is 0 Å². The fourth-order valence-corrected chi connectivity index (χ4v) is 7.46. The number of carbonyl (C=O) groups is 2. The summed E-state index contributed by atoms with van der Waals surface area (Å²) < 4.78 is 34.1. The lowest BCUT2D eigenvalue weighted by molar-refractivity contribution is -0.870. The van der Waals surface area contributed by atoms with Gasteiger partial charge in [-0.3, -0.25) is 14.2 Å². The van der Waals surface area contributed by atoms with Gasteiger partial charge < -0.3 is 27.9 Å². The molecule has 0 rings (SSSR count). The van der Waals surface area contributed by atoms with Crippen molar-refractivity contribution in [3.63, 3.8) is 0 Å². The lowest BCUT2D eigenvalue weighted by Crippen LogP contribution is -2.37. The van der Waals surface area contributed by atoms with E-state index in [1.54, 1.807) is 0 Å². The first-order valence-electron chi connectivity index (χ1n) is 26.6. The summed E-state index contributed by atoms with van der Waals surface area (Å²) in [7, 11) is 1.13. The average Bonchev–Trinajstić information content (AvgIpc) is 3.30. The van der Waals surface area contributed by atoms with Gasteiger partial charge in [0.25, 0.3) is 7.82 Å². The molecule has 0 radical (unpaired) electrons. The Balaban J connectivity index is 4.29. The molecule has 0 saturated heterocycles. The van der Waals surface area contributed by atoms with Crippen molar-refractivity contribution < 1.29 is 42.1 Å². The number of unbranched alkanes of at least 4 members (excludes halogenated alkanes) is 15. The van der Waals surface area contributed by atoms with Crippen molar-refractivity contribution in [1.82, 2.24) is 0 Å². The highest BCUT2D eigenvalue weighted by molar-refractivity contribution is 7.45. The van der Waals surface area contributed by atoms with Crippen LogP contribution in [0.5, 0.6) is 0 Å². The van der Waals surface area contributed by atoms with Crippen molar-refractivity contribution in [3.05, 3.63) is 109 Å². The highest BCUT2D eigenvalue weighted by Crippen LogP contribution is 2.38. The molecule has 0 amide bonds. The third kappa shape index (κ3) is 52.0. The Morgan fingerprint density at radius 2 is 0.794 bits per heavy atom. The molecule has 0 heterocycles. The number of likely N-dealkylation sites (N-methyl/N-ethyl adjacent to an activating group) is 1. The zero-order valence-corrected chi connectivity index (χ0v) is 44.7. The summed E-state index contributed by atoms with van der Waals surface area (Å²) >= 11 is 0. The van der Waals surface area contributed by atoms with Crippen LogP contribution in [0.3, 0.4) is 0 Å². The predicted molar refractivity (Wildman–Crippen MR) is 286 cm³/mol. The summed E-state index contributed by atoms with van der Waals surface area (Å²) in [6, 6.07) is 0. The molecule has 0 fully saturated rings. The molecule has 0 aromatic heterocycles. The Bertz CT molecular complexity index is 1520. The van der Waals surface area contributed by atoms with E-state index in [0.29, 0.717) is 17.4 Å². The zero-order valence-electron chi connectivity index (χ0n) is 43.8. The number of ether oxygens (including phenoxy) is 2. The fraction of sp³-hybridized carbons (Fsp3) is 0.655. The van der Waals surface area contributed by atoms with E-state index in [0.717, 1.165) is 122 Å². The lowest BCUT2D eigenvalue weighted by Gasteiger charge is -2.28. The van der Waals surface area contributed by atoms with Gasteiger partial charge >= 0.3 is 11.9 Å². The third-order valence-corrected chi connectivity index (χ3v) is 11.8. The normalized spacial score (nSPS) is 14.3. The van der Waals surface area contributed by atoms with Gasteiger partial charge in [-0.2, -0.15) is 0 Å². The predicted octanol–water partition coefficient (Wildman–Crippen LogP) is 15.6. The van der Waals surface area contributed by atoms with Gasteiger partial charge in [0.1, 0.15) is 19.8 Å². The van der Waals surface area contributed by atoms with Gasteiger partial charge in [0.15, 0.2) is 6.10 Å². The molecule has 10 heteroatoms. The van der Waals surface area contributed by atoms with E-state index in [1.807, 2.05) is 21.1 Å². The average molecular weight is 968 g/mol. The van der Waals surface area contributed by atoms with Crippen LogP contribution in [0.25, 0.3) is 0 Å². The maximum Gasteiger partial charge on any atom is 0.306 e.